The van der Waals surface area contributed by atoms with Crippen molar-refractivity contribution >= 4 is 23.2 Å². The van der Waals surface area contributed by atoms with Gasteiger partial charge in [-0.15, -0.1) is 11.3 Å². The lowest BCUT2D eigenvalue weighted by molar-refractivity contribution is 0.379. The van der Waals surface area contributed by atoms with Crippen LogP contribution in [0.1, 0.15) is 22.9 Å². The summed E-state index contributed by atoms with van der Waals surface area (Å²) in [7, 11) is 1.48. The van der Waals surface area contributed by atoms with Crippen molar-refractivity contribution in [3.63, 3.8) is 0 Å². The van der Waals surface area contributed by atoms with Gasteiger partial charge in [0.05, 0.1) is 13.2 Å². The van der Waals surface area contributed by atoms with Crippen LogP contribution in [0.15, 0.2) is 6.20 Å². The number of nitrogens with one attached hydrogen (secondary N) is 2. The monoisotopic (exact) mass is 281 g/mol. The Balaban J connectivity index is 2.18. The molecular weight excluding hydrogens is 266 g/mol. The SMILES string of the molecule is COc1nc(NN)nc(NC(C)c2ncc(C)s2)n1. The Bertz CT molecular complexity index is 536. The van der Waals surface area contributed by atoms with Crippen molar-refractivity contribution in [3.05, 3.63) is 16.1 Å². The molecule has 9 heteroatoms. The Morgan fingerprint density at radius 2 is 2.05 bits per heavy atom. The fourth-order valence-corrected chi connectivity index (χ4v) is 2.18. The van der Waals surface area contributed by atoms with Crippen molar-refractivity contribution in [3.8, 4) is 6.01 Å². The quantitative estimate of drug-likeness (QED) is 0.552. The average Bonchev–Trinajstić information content (AvgIpc) is 2.85. The number of thiazole rings is 1. The highest BCUT2D eigenvalue weighted by Crippen LogP contribution is 2.22. The lowest BCUT2D eigenvalue weighted by atomic mass is 10.4. The molecule has 2 aromatic rings. The van der Waals surface area contributed by atoms with Gasteiger partial charge in [0, 0.05) is 11.1 Å². The van der Waals surface area contributed by atoms with Gasteiger partial charge in [0.25, 0.3) is 0 Å². The van der Waals surface area contributed by atoms with Gasteiger partial charge in [-0.3, -0.25) is 5.43 Å². The van der Waals surface area contributed by atoms with E-state index in [1.54, 1.807) is 11.3 Å². The zero-order valence-corrected chi connectivity index (χ0v) is 11.7. The number of aromatic nitrogens is 4. The summed E-state index contributed by atoms with van der Waals surface area (Å²) in [6, 6.07) is 0.171. The second-order valence-corrected chi connectivity index (χ2v) is 5.06. The molecule has 0 aliphatic heterocycles. The lowest BCUT2D eigenvalue weighted by Crippen LogP contribution is -2.15. The number of hydrogen-bond acceptors (Lipinski definition) is 9. The van der Waals surface area contributed by atoms with Crippen LogP contribution in [0, 0.1) is 6.92 Å². The standard InChI is InChI=1S/C10H15N7OS/c1-5-4-12-7(19-5)6(2)13-8-14-9(17-11)16-10(15-8)18-3/h4,6H,11H2,1-3H3,(H2,13,14,15,16,17). The third-order valence-electron chi connectivity index (χ3n) is 2.28. The highest BCUT2D eigenvalue weighted by Gasteiger charge is 2.13. The fraction of sp³-hybridized carbons (Fsp3) is 0.400. The van der Waals surface area contributed by atoms with Crippen molar-refractivity contribution in [2.24, 2.45) is 5.84 Å². The zero-order chi connectivity index (χ0) is 13.8. The van der Waals surface area contributed by atoms with Crippen molar-refractivity contribution in [2.45, 2.75) is 19.9 Å². The minimum Gasteiger partial charge on any atom is -0.467 e. The second kappa shape index (κ2) is 5.76. The van der Waals surface area contributed by atoms with E-state index in [0.717, 1.165) is 9.88 Å². The van der Waals surface area contributed by atoms with E-state index in [1.165, 1.54) is 7.11 Å². The van der Waals surface area contributed by atoms with E-state index in [1.807, 2.05) is 20.0 Å². The third kappa shape index (κ3) is 3.26. The Hall–Kier alpha value is -2.00. The summed E-state index contributed by atoms with van der Waals surface area (Å²) >= 11 is 1.62. The van der Waals surface area contributed by atoms with Crippen molar-refractivity contribution in [2.75, 3.05) is 17.9 Å². The van der Waals surface area contributed by atoms with Crippen LogP contribution in [-0.2, 0) is 0 Å². The maximum absolute atomic E-state index is 5.29. The summed E-state index contributed by atoms with van der Waals surface area (Å²) in [4.78, 5) is 17.6. The van der Waals surface area contributed by atoms with Gasteiger partial charge < -0.3 is 10.1 Å². The van der Waals surface area contributed by atoms with E-state index < -0.39 is 0 Å². The van der Waals surface area contributed by atoms with Crippen LogP contribution in [0.2, 0.25) is 0 Å². The van der Waals surface area contributed by atoms with Gasteiger partial charge in [-0.25, -0.2) is 10.8 Å². The summed E-state index contributed by atoms with van der Waals surface area (Å²) in [5.74, 6) is 5.90. The average molecular weight is 281 g/mol. The molecule has 8 nitrogen and oxygen atoms in total. The highest BCUT2D eigenvalue weighted by atomic mass is 32.1. The van der Waals surface area contributed by atoms with Crippen LogP contribution in [-0.4, -0.2) is 27.0 Å². The van der Waals surface area contributed by atoms with Gasteiger partial charge in [0.15, 0.2) is 0 Å². The van der Waals surface area contributed by atoms with Gasteiger partial charge in [-0.05, 0) is 13.8 Å². The van der Waals surface area contributed by atoms with E-state index >= 15 is 0 Å². The minimum absolute atomic E-state index is 0.0172. The predicted octanol–water partition coefficient (Wildman–Crippen LogP) is 1.10. The summed E-state index contributed by atoms with van der Waals surface area (Å²) in [6.07, 6.45) is 1.83. The lowest BCUT2D eigenvalue weighted by Gasteiger charge is -2.12. The Morgan fingerprint density at radius 1 is 1.32 bits per heavy atom. The van der Waals surface area contributed by atoms with E-state index in [-0.39, 0.29) is 18.0 Å². The molecule has 1 atom stereocenters. The predicted molar refractivity (Wildman–Crippen MR) is 73.1 cm³/mol. The van der Waals surface area contributed by atoms with E-state index in [4.69, 9.17) is 10.6 Å². The summed E-state index contributed by atoms with van der Waals surface area (Å²) in [5, 5.41) is 4.09. The number of rotatable bonds is 5. The zero-order valence-electron chi connectivity index (χ0n) is 10.8. The Labute approximate surface area is 114 Å². The number of aryl methyl sites for hydroxylation is 1. The normalized spacial score (nSPS) is 12.0. The summed E-state index contributed by atoms with van der Waals surface area (Å²) < 4.78 is 4.98. The Morgan fingerprint density at radius 3 is 2.63 bits per heavy atom. The molecule has 0 spiro atoms. The summed E-state index contributed by atoms with van der Waals surface area (Å²) in [6.45, 7) is 3.99. The second-order valence-electron chi connectivity index (χ2n) is 3.79. The number of anilines is 2. The minimum atomic E-state index is -0.0172. The van der Waals surface area contributed by atoms with Crippen molar-refractivity contribution in [1.29, 1.82) is 0 Å². The molecule has 0 radical (unpaired) electrons. The number of nitrogens with zero attached hydrogens (tertiary/aromatic N) is 4. The number of nitrogen functional groups attached to an aromatic ring is 1. The molecule has 2 rings (SSSR count). The van der Waals surface area contributed by atoms with E-state index in [2.05, 4.69) is 30.7 Å². The topological polar surface area (TPSA) is 111 Å². The largest absolute Gasteiger partial charge is 0.467 e. The molecule has 0 bridgehead atoms. The van der Waals surface area contributed by atoms with Crippen LogP contribution >= 0.6 is 11.3 Å². The first-order chi connectivity index (χ1) is 9.12. The molecule has 2 heterocycles. The molecule has 0 aromatic carbocycles. The van der Waals surface area contributed by atoms with Crippen LogP contribution in [0.3, 0.4) is 0 Å². The Kier molecular flexibility index (Phi) is 4.07. The van der Waals surface area contributed by atoms with Gasteiger partial charge in [0.2, 0.25) is 11.9 Å². The maximum atomic E-state index is 5.29. The van der Waals surface area contributed by atoms with E-state index in [9.17, 15) is 0 Å². The molecule has 0 aliphatic rings. The molecule has 4 N–H and O–H groups in total. The first kappa shape index (κ1) is 13.4. The number of methoxy groups -OCH3 is 1. The maximum Gasteiger partial charge on any atom is 0.322 e. The molecule has 0 saturated heterocycles. The van der Waals surface area contributed by atoms with E-state index in [0.29, 0.717) is 5.95 Å². The molecule has 0 fully saturated rings. The molecule has 2 aromatic heterocycles. The van der Waals surface area contributed by atoms with Gasteiger partial charge in [0.1, 0.15) is 5.01 Å². The molecular formula is C10H15N7OS. The van der Waals surface area contributed by atoms with Crippen LogP contribution in [0.25, 0.3) is 0 Å². The molecule has 0 amide bonds. The number of hydrogen-bond donors (Lipinski definition) is 3. The van der Waals surface area contributed by atoms with Crippen molar-refractivity contribution < 1.29 is 4.74 Å². The molecule has 0 saturated carbocycles. The number of ether oxygens (including phenoxy) is 1. The highest BCUT2D eigenvalue weighted by molar-refractivity contribution is 7.11. The van der Waals surface area contributed by atoms with Crippen LogP contribution < -0.4 is 21.3 Å². The van der Waals surface area contributed by atoms with Crippen molar-refractivity contribution in [1.82, 2.24) is 19.9 Å². The molecule has 1 unspecified atom stereocenters. The molecule has 0 aliphatic carbocycles. The first-order valence-corrected chi connectivity index (χ1v) is 6.39. The van der Waals surface area contributed by atoms with Gasteiger partial charge in [-0.1, -0.05) is 0 Å². The number of nitrogens with two attached hydrogens (primary N) is 1. The fourth-order valence-electron chi connectivity index (χ4n) is 1.40. The van der Waals surface area contributed by atoms with Gasteiger partial charge >= 0.3 is 6.01 Å². The van der Waals surface area contributed by atoms with Crippen LogP contribution in [0.4, 0.5) is 11.9 Å². The number of hydrazine groups is 1. The first-order valence-electron chi connectivity index (χ1n) is 5.58. The smallest absolute Gasteiger partial charge is 0.322 e. The molecule has 102 valence electrons. The van der Waals surface area contributed by atoms with Crippen LogP contribution in [0.5, 0.6) is 6.01 Å². The summed E-state index contributed by atoms with van der Waals surface area (Å²) in [5.41, 5.74) is 2.36. The third-order valence-corrected chi connectivity index (χ3v) is 3.38. The van der Waals surface area contributed by atoms with Gasteiger partial charge in [-0.2, -0.15) is 15.0 Å². The molecule has 19 heavy (non-hydrogen) atoms.